The van der Waals surface area contributed by atoms with Gasteiger partial charge in [-0.2, -0.15) is 0 Å². The fraction of sp³-hybridized carbons (Fsp3) is 0.105. The van der Waals surface area contributed by atoms with Crippen molar-refractivity contribution < 1.29 is 24.3 Å². The van der Waals surface area contributed by atoms with Crippen LogP contribution in [-0.2, 0) is 20.9 Å². The van der Waals surface area contributed by atoms with E-state index in [-0.39, 0.29) is 18.1 Å². The number of rotatable bonds is 6. The Balaban J connectivity index is 1.50. The van der Waals surface area contributed by atoms with Gasteiger partial charge in [0.05, 0.1) is 17.5 Å². The number of tetrazole rings is 1. The van der Waals surface area contributed by atoms with E-state index in [0.717, 1.165) is 16.6 Å². The van der Waals surface area contributed by atoms with Crippen molar-refractivity contribution in [3.05, 3.63) is 59.9 Å². The van der Waals surface area contributed by atoms with Gasteiger partial charge < -0.3 is 10.4 Å². The maximum atomic E-state index is 12.8. The molecule has 1 unspecified atom stereocenters. The van der Waals surface area contributed by atoms with Gasteiger partial charge in [-0.05, 0) is 47.2 Å². The van der Waals surface area contributed by atoms with Crippen molar-refractivity contribution in [2.45, 2.75) is 12.6 Å². The van der Waals surface area contributed by atoms with Crippen LogP contribution >= 0.6 is 0 Å². The van der Waals surface area contributed by atoms with Crippen LogP contribution in [0, 0.1) is 0 Å². The van der Waals surface area contributed by atoms with Gasteiger partial charge in [-0.25, -0.2) is 9.69 Å². The van der Waals surface area contributed by atoms with Crippen LogP contribution in [0.25, 0.3) is 5.69 Å². The summed E-state index contributed by atoms with van der Waals surface area (Å²) >= 11 is 0. The first-order valence-corrected chi connectivity index (χ1v) is 9.15. The van der Waals surface area contributed by atoms with Crippen LogP contribution in [-0.4, -0.2) is 66.2 Å². The summed E-state index contributed by atoms with van der Waals surface area (Å²) in [5.74, 6) is -3.89. The van der Waals surface area contributed by atoms with Gasteiger partial charge in [-0.1, -0.05) is 5.10 Å². The molecule has 3 amide bonds. The molecule has 0 saturated heterocycles. The number of pyridine rings is 1. The molecule has 1 atom stereocenters. The SMILES string of the molecule is O=C(O)c1ccc(-n2nnc(N3C(=O)C=NC(C(=O)NCc4ccncc4)C3=O)n2)cc1. The van der Waals surface area contributed by atoms with E-state index in [1.807, 2.05) is 0 Å². The molecule has 160 valence electrons. The Labute approximate surface area is 179 Å². The summed E-state index contributed by atoms with van der Waals surface area (Å²) in [4.78, 5) is 57.7. The van der Waals surface area contributed by atoms with Gasteiger partial charge in [-0.15, -0.1) is 9.90 Å². The summed E-state index contributed by atoms with van der Waals surface area (Å²) in [6.45, 7) is 0.148. The number of aliphatic imine (C=N–C) groups is 1. The molecule has 0 radical (unpaired) electrons. The molecular weight excluding hydrogens is 420 g/mol. The lowest BCUT2D eigenvalue weighted by molar-refractivity contribution is -0.131. The number of carboxylic acids is 1. The third-order valence-electron chi connectivity index (χ3n) is 4.42. The van der Waals surface area contributed by atoms with Gasteiger partial charge in [0.15, 0.2) is 0 Å². The Morgan fingerprint density at radius 3 is 2.47 bits per heavy atom. The van der Waals surface area contributed by atoms with Crippen LogP contribution < -0.4 is 10.2 Å². The lowest BCUT2D eigenvalue weighted by Crippen LogP contribution is -2.53. The molecule has 13 nitrogen and oxygen atoms in total. The molecule has 2 aromatic heterocycles. The van der Waals surface area contributed by atoms with Crippen molar-refractivity contribution in [1.82, 2.24) is 30.5 Å². The molecule has 4 rings (SSSR count). The number of carboxylic acid groups (broad SMARTS) is 1. The van der Waals surface area contributed by atoms with Gasteiger partial charge >= 0.3 is 5.97 Å². The topological polar surface area (TPSA) is 173 Å². The number of amides is 3. The number of imide groups is 1. The van der Waals surface area contributed by atoms with Crippen molar-refractivity contribution in [3.63, 3.8) is 0 Å². The monoisotopic (exact) mass is 434 g/mol. The smallest absolute Gasteiger partial charge is 0.335 e. The first kappa shape index (κ1) is 20.5. The fourth-order valence-corrected chi connectivity index (χ4v) is 2.80. The van der Waals surface area contributed by atoms with Crippen LogP contribution in [0.2, 0.25) is 0 Å². The van der Waals surface area contributed by atoms with Gasteiger partial charge in [0, 0.05) is 18.9 Å². The molecule has 13 heteroatoms. The van der Waals surface area contributed by atoms with E-state index in [1.54, 1.807) is 24.5 Å². The first-order chi connectivity index (χ1) is 15.4. The second-order valence-electron chi connectivity index (χ2n) is 6.50. The second kappa shape index (κ2) is 8.51. The molecule has 0 fully saturated rings. The number of nitrogens with one attached hydrogen (secondary N) is 1. The second-order valence-corrected chi connectivity index (χ2v) is 6.50. The molecule has 3 heterocycles. The van der Waals surface area contributed by atoms with Crippen molar-refractivity contribution in [2.75, 3.05) is 4.90 Å². The van der Waals surface area contributed by atoms with E-state index < -0.39 is 29.7 Å². The lowest BCUT2D eigenvalue weighted by atomic mass is 10.2. The van der Waals surface area contributed by atoms with Crippen LogP contribution in [0.4, 0.5) is 5.95 Å². The molecule has 3 aromatic rings. The average Bonchev–Trinajstić information content (AvgIpc) is 3.28. The van der Waals surface area contributed by atoms with Gasteiger partial charge in [0.1, 0.15) is 0 Å². The summed E-state index contributed by atoms with van der Waals surface area (Å²) in [6, 6.07) is 7.47. The standard InChI is InChI=1S/C19H14N8O5/c28-14-10-21-15(16(29)22-9-11-5-7-20-8-6-11)17(30)26(14)19-23-25-27(24-19)13-3-1-12(2-4-13)18(31)32/h1-8,10,15H,9H2,(H,22,29)(H,31,32). The van der Waals surface area contributed by atoms with Crippen molar-refractivity contribution in [3.8, 4) is 5.69 Å². The predicted molar refractivity (Wildman–Crippen MR) is 107 cm³/mol. The minimum Gasteiger partial charge on any atom is -0.478 e. The zero-order valence-corrected chi connectivity index (χ0v) is 16.2. The number of hydrogen-bond acceptors (Lipinski definition) is 9. The van der Waals surface area contributed by atoms with Crippen LogP contribution in [0.15, 0.2) is 53.8 Å². The number of anilines is 1. The van der Waals surface area contributed by atoms with E-state index in [2.05, 4.69) is 30.7 Å². The van der Waals surface area contributed by atoms with E-state index in [1.165, 1.54) is 24.3 Å². The van der Waals surface area contributed by atoms with Gasteiger partial charge in [0.25, 0.3) is 23.7 Å². The highest BCUT2D eigenvalue weighted by Crippen LogP contribution is 2.15. The number of aromatic nitrogens is 5. The number of aromatic carboxylic acids is 1. The quantitative estimate of drug-likeness (QED) is 0.379. The van der Waals surface area contributed by atoms with Crippen LogP contribution in [0.5, 0.6) is 0 Å². The third kappa shape index (κ3) is 4.07. The molecule has 0 aliphatic carbocycles. The Morgan fingerprint density at radius 2 is 1.78 bits per heavy atom. The molecule has 0 bridgehead atoms. The van der Waals surface area contributed by atoms with Crippen molar-refractivity contribution in [1.29, 1.82) is 0 Å². The highest BCUT2D eigenvalue weighted by atomic mass is 16.4. The summed E-state index contributed by atoms with van der Waals surface area (Å²) in [6.07, 6.45) is 3.98. The van der Waals surface area contributed by atoms with Crippen LogP contribution in [0.1, 0.15) is 15.9 Å². The van der Waals surface area contributed by atoms with E-state index in [9.17, 15) is 19.2 Å². The third-order valence-corrected chi connectivity index (χ3v) is 4.42. The number of nitrogens with zero attached hydrogens (tertiary/aromatic N) is 7. The highest BCUT2D eigenvalue weighted by Gasteiger charge is 2.39. The summed E-state index contributed by atoms with van der Waals surface area (Å²) in [7, 11) is 0. The molecular formula is C19H14N8O5. The van der Waals surface area contributed by atoms with Crippen molar-refractivity contribution in [2.24, 2.45) is 4.99 Å². The Bertz CT molecular complexity index is 1220. The zero-order valence-electron chi connectivity index (χ0n) is 16.2. The molecule has 0 spiro atoms. The summed E-state index contributed by atoms with van der Waals surface area (Å²) < 4.78 is 0. The van der Waals surface area contributed by atoms with E-state index in [0.29, 0.717) is 10.6 Å². The maximum Gasteiger partial charge on any atom is 0.335 e. The summed E-state index contributed by atoms with van der Waals surface area (Å²) in [5.41, 5.74) is 1.19. The predicted octanol–water partition coefficient (Wildman–Crippen LogP) is -0.615. The molecule has 1 aliphatic heterocycles. The van der Waals surface area contributed by atoms with Crippen molar-refractivity contribution >= 4 is 35.9 Å². The number of benzene rings is 1. The first-order valence-electron chi connectivity index (χ1n) is 9.15. The molecule has 0 saturated carbocycles. The van der Waals surface area contributed by atoms with Gasteiger partial charge in [0.2, 0.25) is 6.04 Å². The maximum absolute atomic E-state index is 12.8. The fourth-order valence-electron chi connectivity index (χ4n) is 2.80. The zero-order chi connectivity index (χ0) is 22.7. The molecule has 1 aromatic carbocycles. The Hall–Kier alpha value is -4.81. The minimum absolute atomic E-state index is 0.0623. The molecule has 1 aliphatic rings. The normalized spacial score (nSPS) is 15.6. The van der Waals surface area contributed by atoms with E-state index in [4.69, 9.17) is 5.11 Å². The Morgan fingerprint density at radius 1 is 1.06 bits per heavy atom. The molecule has 2 N–H and O–H groups in total. The van der Waals surface area contributed by atoms with Gasteiger partial charge in [-0.3, -0.25) is 24.4 Å². The largest absolute Gasteiger partial charge is 0.478 e. The average molecular weight is 434 g/mol. The number of carbonyl (C=O) groups excluding carboxylic acids is 3. The summed E-state index contributed by atoms with van der Waals surface area (Å²) in [5, 5.41) is 23.0. The van der Waals surface area contributed by atoms with E-state index >= 15 is 0 Å². The van der Waals surface area contributed by atoms with Crippen LogP contribution in [0.3, 0.4) is 0 Å². The highest BCUT2D eigenvalue weighted by molar-refractivity contribution is 6.43. The Kier molecular flexibility index (Phi) is 5.44. The lowest BCUT2D eigenvalue weighted by Gasteiger charge is -2.22. The number of hydrogen-bond donors (Lipinski definition) is 2. The number of carbonyl (C=O) groups is 4. The minimum atomic E-state index is -1.49. The molecule has 32 heavy (non-hydrogen) atoms.